The molecule has 0 radical (unpaired) electrons. The summed E-state index contributed by atoms with van der Waals surface area (Å²) in [4.78, 5) is 0. The summed E-state index contributed by atoms with van der Waals surface area (Å²) in [5, 5.41) is 0.744. The van der Waals surface area contributed by atoms with E-state index in [1.165, 1.54) is 0 Å². The second-order valence-electron chi connectivity index (χ2n) is 3.87. The molecular weight excluding hydrogens is 222 g/mol. The molecule has 0 amide bonds. The third-order valence-electron chi connectivity index (χ3n) is 2.64. The van der Waals surface area contributed by atoms with Gasteiger partial charge < -0.3 is 10.2 Å². The lowest BCUT2D eigenvalue weighted by Gasteiger charge is -2.10. The lowest BCUT2D eigenvalue weighted by Crippen LogP contribution is -2.13. The minimum atomic E-state index is -0.0442. The summed E-state index contributed by atoms with van der Waals surface area (Å²) in [6.07, 6.45) is 2.43. The fourth-order valence-corrected chi connectivity index (χ4v) is 2.02. The molecule has 2 nitrogen and oxygen atoms in total. The number of halogens is 1. The van der Waals surface area contributed by atoms with Crippen molar-refractivity contribution >= 4 is 11.6 Å². The van der Waals surface area contributed by atoms with E-state index in [1.54, 1.807) is 6.26 Å². The molecule has 2 aromatic rings. The number of furan rings is 1. The van der Waals surface area contributed by atoms with Crippen LogP contribution >= 0.6 is 11.6 Å². The van der Waals surface area contributed by atoms with Crippen molar-refractivity contribution in [2.24, 2.45) is 5.73 Å². The van der Waals surface area contributed by atoms with Gasteiger partial charge in [0.25, 0.3) is 0 Å². The summed E-state index contributed by atoms with van der Waals surface area (Å²) < 4.78 is 5.24. The summed E-state index contributed by atoms with van der Waals surface area (Å²) in [7, 11) is 0. The van der Waals surface area contributed by atoms with Crippen LogP contribution in [-0.2, 0) is 6.42 Å². The zero-order valence-corrected chi connectivity index (χ0v) is 9.87. The van der Waals surface area contributed by atoms with Gasteiger partial charge in [0.15, 0.2) is 0 Å². The topological polar surface area (TPSA) is 39.2 Å². The third-order valence-corrected chi connectivity index (χ3v) is 2.88. The van der Waals surface area contributed by atoms with Crippen molar-refractivity contribution < 1.29 is 4.42 Å². The van der Waals surface area contributed by atoms with Gasteiger partial charge in [-0.25, -0.2) is 0 Å². The molecule has 16 heavy (non-hydrogen) atoms. The number of aryl methyl sites for hydroxylation is 1. The van der Waals surface area contributed by atoms with Gasteiger partial charge in [0.05, 0.1) is 6.26 Å². The molecule has 1 aromatic carbocycles. The van der Waals surface area contributed by atoms with Gasteiger partial charge in [-0.05, 0) is 37.1 Å². The molecule has 3 heteroatoms. The maximum atomic E-state index is 6.12. The normalized spacial score (nSPS) is 12.7. The van der Waals surface area contributed by atoms with E-state index in [0.29, 0.717) is 0 Å². The molecule has 1 aromatic heterocycles. The molecule has 0 aliphatic heterocycles. The number of benzene rings is 1. The molecule has 0 saturated carbocycles. The second kappa shape index (κ2) is 4.73. The first-order chi connectivity index (χ1) is 7.66. The summed E-state index contributed by atoms with van der Waals surface area (Å²) in [5.74, 6) is 0.884. The van der Waals surface area contributed by atoms with Crippen LogP contribution in [-0.4, -0.2) is 0 Å². The molecule has 1 heterocycles. The first kappa shape index (κ1) is 11.2. The Bertz CT molecular complexity index is 478. The van der Waals surface area contributed by atoms with Crippen molar-refractivity contribution in [1.29, 1.82) is 0 Å². The minimum absolute atomic E-state index is 0.0442. The molecular formula is C13H14ClNO. The smallest absolute Gasteiger partial charge is 0.105 e. The SMILES string of the molecule is Cc1occc1C(N)Cc1cccc(Cl)c1. The predicted octanol–water partition coefficient (Wildman–Crippen LogP) is 3.48. The zero-order valence-electron chi connectivity index (χ0n) is 9.11. The number of rotatable bonds is 3. The summed E-state index contributed by atoms with van der Waals surface area (Å²) >= 11 is 5.93. The second-order valence-corrected chi connectivity index (χ2v) is 4.31. The zero-order chi connectivity index (χ0) is 11.5. The summed E-state index contributed by atoms with van der Waals surface area (Å²) in [6, 6.07) is 9.65. The highest BCUT2D eigenvalue weighted by atomic mass is 35.5. The Morgan fingerprint density at radius 1 is 1.38 bits per heavy atom. The van der Waals surface area contributed by atoms with Gasteiger partial charge >= 0.3 is 0 Å². The highest BCUT2D eigenvalue weighted by Crippen LogP contribution is 2.21. The third kappa shape index (κ3) is 2.46. The average molecular weight is 236 g/mol. The van der Waals surface area contributed by atoms with Crippen molar-refractivity contribution in [3.8, 4) is 0 Å². The Balaban J connectivity index is 2.14. The van der Waals surface area contributed by atoms with Crippen LogP contribution < -0.4 is 5.73 Å². The van der Waals surface area contributed by atoms with Crippen molar-refractivity contribution in [2.45, 2.75) is 19.4 Å². The summed E-state index contributed by atoms with van der Waals surface area (Å²) in [6.45, 7) is 1.92. The molecule has 0 fully saturated rings. The number of hydrogen-bond donors (Lipinski definition) is 1. The van der Waals surface area contributed by atoms with E-state index in [0.717, 1.165) is 28.3 Å². The van der Waals surface area contributed by atoms with E-state index >= 15 is 0 Å². The first-order valence-electron chi connectivity index (χ1n) is 5.21. The summed E-state index contributed by atoms with van der Waals surface area (Å²) in [5.41, 5.74) is 8.31. The van der Waals surface area contributed by atoms with Gasteiger partial charge in [-0.1, -0.05) is 23.7 Å². The van der Waals surface area contributed by atoms with Gasteiger partial charge in [-0.3, -0.25) is 0 Å². The monoisotopic (exact) mass is 235 g/mol. The highest BCUT2D eigenvalue weighted by Gasteiger charge is 2.11. The van der Waals surface area contributed by atoms with Crippen molar-refractivity contribution in [3.05, 3.63) is 58.5 Å². The van der Waals surface area contributed by atoms with Crippen LogP contribution in [0.3, 0.4) is 0 Å². The largest absolute Gasteiger partial charge is 0.469 e. The van der Waals surface area contributed by atoms with E-state index in [4.69, 9.17) is 21.8 Å². The Hall–Kier alpha value is -1.25. The number of hydrogen-bond acceptors (Lipinski definition) is 2. The van der Waals surface area contributed by atoms with Crippen LogP contribution in [0.1, 0.15) is 22.9 Å². The van der Waals surface area contributed by atoms with Gasteiger partial charge in [-0.2, -0.15) is 0 Å². The quantitative estimate of drug-likeness (QED) is 0.885. The predicted molar refractivity (Wildman–Crippen MR) is 65.5 cm³/mol. The van der Waals surface area contributed by atoms with Gasteiger partial charge in [0, 0.05) is 16.6 Å². The lowest BCUT2D eigenvalue weighted by atomic mass is 10.0. The van der Waals surface area contributed by atoms with Crippen LogP contribution in [0.15, 0.2) is 41.0 Å². The van der Waals surface area contributed by atoms with E-state index < -0.39 is 0 Å². The molecule has 0 saturated heterocycles. The fraction of sp³-hybridized carbons (Fsp3) is 0.231. The van der Waals surface area contributed by atoms with Crippen molar-refractivity contribution in [1.82, 2.24) is 0 Å². The Kier molecular flexibility index (Phi) is 3.32. The van der Waals surface area contributed by atoms with Crippen LogP contribution in [0.4, 0.5) is 0 Å². The number of nitrogens with two attached hydrogens (primary N) is 1. The van der Waals surface area contributed by atoms with E-state index in [2.05, 4.69) is 0 Å². The van der Waals surface area contributed by atoms with Crippen LogP contribution in [0.5, 0.6) is 0 Å². The maximum Gasteiger partial charge on any atom is 0.105 e. The van der Waals surface area contributed by atoms with Crippen molar-refractivity contribution in [2.75, 3.05) is 0 Å². The van der Waals surface area contributed by atoms with Gasteiger partial charge in [0.1, 0.15) is 5.76 Å². The maximum absolute atomic E-state index is 6.12. The molecule has 1 atom stereocenters. The van der Waals surface area contributed by atoms with E-state index in [9.17, 15) is 0 Å². The fourth-order valence-electron chi connectivity index (χ4n) is 1.81. The molecule has 0 aliphatic carbocycles. The molecule has 2 N–H and O–H groups in total. The molecule has 2 rings (SSSR count). The van der Waals surface area contributed by atoms with Crippen LogP contribution in [0.25, 0.3) is 0 Å². The molecule has 1 unspecified atom stereocenters. The van der Waals surface area contributed by atoms with E-state index in [-0.39, 0.29) is 6.04 Å². The molecule has 0 aliphatic rings. The first-order valence-corrected chi connectivity index (χ1v) is 5.58. The Morgan fingerprint density at radius 3 is 2.81 bits per heavy atom. The van der Waals surface area contributed by atoms with E-state index in [1.807, 2.05) is 37.3 Å². The lowest BCUT2D eigenvalue weighted by molar-refractivity contribution is 0.524. The van der Waals surface area contributed by atoms with Gasteiger partial charge in [0.2, 0.25) is 0 Å². The highest BCUT2D eigenvalue weighted by molar-refractivity contribution is 6.30. The minimum Gasteiger partial charge on any atom is -0.469 e. The van der Waals surface area contributed by atoms with Crippen LogP contribution in [0.2, 0.25) is 5.02 Å². The van der Waals surface area contributed by atoms with Gasteiger partial charge in [-0.15, -0.1) is 0 Å². The Labute approximate surface area is 100 Å². The molecule has 0 spiro atoms. The average Bonchev–Trinajstić information content (AvgIpc) is 2.64. The standard InChI is InChI=1S/C13H14ClNO/c1-9-12(5-6-16-9)13(15)8-10-3-2-4-11(14)7-10/h2-7,13H,8,15H2,1H3. The Morgan fingerprint density at radius 2 is 2.19 bits per heavy atom. The van der Waals surface area contributed by atoms with Crippen LogP contribution in [0, 0.1) is 6.92 Å². The molecule has 0 bridgehead atoms. The van der Waals surface area contributed by atoms with Crippen molar-refractivity contribution in [3.63, 3.8) is 0 Å². The molecule has 84 valence electrons.